The summed E-state index contributed by atoms with van der Waals surface area (Å²) in [6.07, 6.45) is 28.5. The number of hydrogen-bond donors (Lipinski definition) is 1. The molecule has 0 saturated heterocycles. The molecule has 0 aliphatic carbocycles. The van der Waals surface area contributed by atoms with Gasteiger partial charge in [-0.1, -0.05) is 68.4 Å². The standard InChI is InChI=1S/C24H42N2O/c1-4-5-6-7-8-9-10-11-12-13-14-15-16-17-18-19-20-21-24(27)25-22-23-26(2)3/h8-9,11-12,14-15,17-18H,4-7,10,13,16,19-23H2,1-3H3,(H,25,27). The maximum Gasteiger partial charge on any atom is 0.220 e. The summed E-state index contributed by atoms with van der Waals surface area (Å²) < 4.78 is 0. The van der Waals surface area contributed by atoms with Gasteiger partial charge >= 0.3 is 0 Å². The van der Waals surface area contributed by atoms with Crippen LogP contribution < -0.4 is 5.32 Å². The number of carbonyl (C=O) groups excluding carboxylic acids is 1. The van der Waals surface area contributed by atoms with E-state index >= 15 is 0 Å². The first-order valence-corrected chi connectivity index (χ1v) is 10.7. The Balaban J connectivity index is 3.47. The van der Waals surface area contributed by atoms with E-state index in [1.807, 2.05) is 14.1 Å². The Hall–Kier alpha value is -1.61. The highest BCUT2D eigenvalue weighted by molar-refractivity contribution is 5.75. The highest BCUT2D eigenvalue weighted by Gasteiger charge is 1.99. The number of rotatable bonds is 17. The van der Waals surface area contributed by atoms with Crippen molar-refractivity contribution in [3.63, 3.8) is 0 Å². The molecule has 0 heterocycles. The topological polar surface area (TPSA) is 32.3 Å². The summed E-state index contributed by atoms with van der Waals surface area (Å²) >= 11 is 0. The third kappa shape index (κ3) is 22.3. The van der Waals surface area contributed by atoms with Crippen molar-refractivity contribution in [1.82, 2.24) is 10.2 Å². The van der Waals surface area contributed by atoms with Crippen molar-refractivity contribution in [2.45, 2.75) is 71.1 Å². The van der Waals surface area contributed by atoms with E-state index in [-0.39, 0.29) is 5.91 Å². The molecule has 0 aromatic carbocycles. The van der Waals surface area contributed by atoms with Crippen LogP contribution in [0.1, 0.15) is 71.1 Å². The number of amides is 1. The summed E-state index contributed by atoms with van der Waals surface area (Å²) in [6.45, 7) is 3.87. The van der Waals surface area contributed by atoms with E-state index in [0.717, 1.165) is 45.2 Å². The molecule has 0 aromatic heterocycles. The third-order valence-electron chi connectivity index (χ3n) is 4.11. The minimum Gasteiger partial charge on any atom is -0.355 e. The highest BCUT2D eigenvalue weighted by Crippen LogP contribution is 2.01. The minimum absolute atomic E-state index is 0.160. The third-order valence-corrected chi connectivity index (χ3v) is 4.11. The van der Waals surface area contributed by atoms with Gasteiger partial charge in [-0.05, 0) is 59.0 Å². The second-order valence-corrected chi connectivity index (χ2v) is 7.13. The summed E-state index contributed by atoms with van der Waals surface area (Å²) in [5, 5.41) is 2.94. The minimum atomic E-state index is 0.160. The molecular weight excluding hydrogens is 332 g/mol. The smallest absolute Gasteiger partial charge is 0.220 e. The van der Waals surface area contributed by atoms with Gasteiger partial charge in [-0.25, -0.2) is 0 Å². The first-order chi connectivity index (χ1) is 13.2. The molecule has 154 valence electrons. The fourth-order valence-electron chi connectivity index (χ4n) is 2.45. The molecule has 0 aliphatic rings. The first-order valence-electron chi connectivity index (χ1n) is 10.7. The molecule has 0 spiro atoms. The van der Waals surface area contributed by atoms with Crippen molar-refractivity contribution in [3.05, 3.63) is 48.6 Å². The lowest BCUT2D eigenvalue weighted by Crippen LogP contribution is -2.31. The van der Waals surface area contributed by atoms with Crippen molar-refractivity contribution < 1.29 is 4.79 Å². The van der Waals surface area contributed by atoms with E-state index in [9.17, 15) is 4.79 Å². The van der Waals surface area contributed by atoms with E-state index in [2.05, 4.69) is 65.7 Å². The molecule has 0 unspecified atom stereocenters. The van der Waals surface area contributed by atoms with Gasteiger partial charge in [-0.15, -0.1) is 0 Å². The van der Waals surface area contributed by atoms with Gasteiger partial charge in [-0.3, -0.25) is 4.79 Å². The van der Waals surface area contributed by atoms with Crippen molar-refractivity contribution in [1.29, 1.82) is 0 Å². The Labute approximate surface area is 168 Å². The van der Waals surface area contributed by atoms with Crippen LogP contribution in [-0.4, -0.2) is 38.0 Å². The molecule has 0 rings (SSSR count). The fourth-order valence-corrected chi connectivity index (χ4v) is 2.45. The van der Waals surface area contributed by atoms with Crippen LogP contribution in [0.25, 0.3) is 0 Å². The van der Waals surface area contributed by atoms with Crippen LogP contribution in [-0.2, 0) is 4.79 Å². The SMILES string of the molecule is CCCCCC=CCC=CCC=CCC=CCCCC(=O)NCCN(C)C. The molecule has 0 fully saturated rings. The molecule has 0 saturated carbocycles. The number of hydrogen-bond acceptors (Lipinski definition) is 2. The van der Waals surface area contributed by atoms with Gasteiger partial charge in [0.05, 0.1) is 0 Å². The Kier molecular flexibility index (Phi) is 19.5. The summed E-state index contributed by atoms with van der Waals surface area (Å²) in [4.78, 5) is 13.7. The largest absolute Gasteiger partial charge is 0.355 e. The molecule has 0 atom stereocenters. The average Bonchev–Trinajstić information content (AvgIpc) is 2.64. The molecule has 0 aromatic rings. The van der Waals surface area contributed by atoms with E-state index in [1.54, 1.807) is 0 Å². The monoisotopic (exact) mass is 374 g/mol. The van der Waals surface area contributed by atoms with E-state index in [1.165, 1.54) is 25.7 Å². The van der Waals surface area contributed by atoms with Gasteiger partial charge in [0, 0.05) is 19.5 Å². The second-order valence-electron chi connectivity index (χ2n) is 7.13. The second kappa shape index (κ2) is 20.7. The summed E-state index contributed by atoms with van der Waals surface area (Å²) in [7, 11) is 4.02. The molecule has 27 heavy (non-hydrogen) atoms. The summed E-state index contributed by atoms with van der Waals surface area (Å²) in [6, 6.07) is 0. The molecule has 1 amide bonds. The zero-order valence-corrected chi connectivity index (χ0v) is 18.0. The average molecular weight is 375 g/mol. The molecule has 3 nitrogen and oxygen atoms in total. The van der Waals surface area contributed by atoms with Gasteiger partial charge in [0.1, 0.15) is 0 Å². The van der Waals surface area contributed by atoms with Crippen molar-refractivity contribution in [3.8, 4) is 0 Å². The number of likely N-dealkylation sites (N-methyl/N-ethyl adjacent to an activating group) is 1. The zero-order chi connectivity index (χ0) is 20.0. The predicted octanol–water partition coefficient (Wildman–Crippen LogP) is 5.81. The maximum absolute atomic E-state index is 11.6. The molecule has 0 bridgehead atoms. The van der Waals surface area contributed by atoms with E-state index in [0.29, 0.717) is 6.42 Å². The van der Waals surface area contributed by atoms with Crippen LogP contribution in [0, 0.1) is 0 Å². The zero-order valence-electron chi connectivity index (χ0n) is 18.0. The van der Waals surface area contributed by atoms with Crippen molar-refractivity contribution in [2.75, 3.05) is 27.2 Å². The van der Waals surface area contributed by atoms with Gasteiger partial charge < -0.3 is 10.2 Å². The number of nitrogens with zero attached hydrogens (tertiary/aromatic N) is 1. The maximum atomic E-state index is 11.6. The molecule has 0 aliphatic heterocycles. The van der Waals surface area contributed by atoms with Crippen molar-refractivity contribution in [2.24, 2.45) is 0 Å². The van der Waals surface area contributed by atoms with Gasteiger partial charge in [-0.2, -0.15) is 0 Å². The number of allylic oxidation sites excluding steroid dienone is 8. The number of carbonyl (C=O) groups is 1. The first kappa shape index (κ1) is 25.4. The molecule has 1 N–H and O–H groups in total. The number of unbranched alkanes of at least 4 members (excludes halogenated alkanes) is 4. The predicted molar refractivity (Wildman–Crippen MR) is 120 cm³/mol. The van der Waals surface area contributed by atoms with Gasteiger partial charge in [0.2, 0.25) is 5.91 Å². The van der Waals surface area contributed by atoms with E-state index < -0.39 is 0 Å². The number of nitrogens with one attached hydrogen (secondary N) is 1. The Morgan fingerprint density at radius 3 is 1.81 bits per heavy atom. The highest BCUT2D eigenvalue weighted by atomic mass is 16.1. The molecular formula is C24H42N2O. The van der Waals surface area contributed by atoms with Crippen LogP contribution in [0.5, 0.6) is 0 Å². The van der Waals surface area contributed by atoms with E-state index in [4.69, 9.17) is 0 Å². The summed E-state index contributed by atoms with van der Waals surface area (Å²) in [5.41, 5.74) is 0. The van der Waals surface area contributed by atoms with Gasteiger partial charge in [0.15, 0.2) is 0 Å². The Morgan fingerprint density at radius 1 is 0.778 bits per heavy atom. The quantitative estimate of drug-likeness (QED) is 0.257. The Morgan fingerprint density at radius 2 is 1.30 bits per heavy atom. The van der Waals surface area contributed by atoms with Crippen LogP contribution in [0.3, 0.4) is 0 Å². The normalized spacial score (nSPS) is 12.4. The van der Waals surface area contributed by atoms with Crippen LogP contribution in [0.4, 0.5) is 0 Å². The Bertz CT molecular complexity index is 447. The van der Waals surface area contributed by atoms with Gasteiger partial charge in [0.25, 0.3) is 0 Å². The van der Waals surface area contributed by atoms with Crippen LogP contribution in [0.15, 0.2) is 48.6 Å². The van der Waals surface area contributed by atoms with Crippen LogP contribution in [0.2, 0.25) is 0 Å². The lowest BCUT2D eigenvalue weighted by Gasteiger charge is -2.09. The fraction of sp³-hybridized carbons (Fsp3) is 0.625. The molecule has 0 radical (unpaired) electrons. The lowest BCUT2D eigenvalue weighted by atomic mass is 10.2. The lowest BCUT2D eigenvalue weighted by molar-refractivity contribution is -0.121. The summed E-state index contributed by atoms with van der Waals surface area (Å²) in [5.74, 6) is 0.160. The van der Waals surface area contributed by atoms with Crippen molar-refractivity contribution >= 4 is 5.91 Å². The van der Waals surface area contributed by atoms with Crippen LogP contribution >= 0.6 is 0 Å². The molecule has 3 heteroatoms.